The van der Waals surface area contributed by atoms with E-state index < -0.39 is 0 Å². The average Bonchev–Trinajstić information content (AvgIpc) is 3.33. The average molecular weight is 534 g/mol. The van der Waals surface area contributed by atoms with Gasteiger partial charge in [0, 0.05) is 22.2 Å². The Hall–Kier alpha value is -4.10. The first-order valence-electron chi connectivity index (χ1n) is 14.9. The number of hydrogen-bond acceptors (Lipinski definition) is 1. The minimum Gasteiger partial charge on any atom is -0.355 e. The van der Waals surface area contributed by atoms with Crippen molar-refractivity contribution >= 4 is 11.4 Å². The number of benzene rings is 5. The second-order valence-electron chi connectivity index (χ2n) is 14.0. The summed E-state index contributed by atoms with van der Waals surface area (Å²) in [4.78, 5) is 0. The zero-order valence-corrected chi connectivity index (χ0v) is 25.3. The van der Waals surface area contributed by atoms with Gasteiger partial charge in [-0.2, -0.15) is 0 Å². The third-order valence-electron chi connectivity index (χ3n) is 9.58. The second kappa shape index (κ2) is 8.70. The molecule has 0 aliphatic heterocycles. The number of rotatable bonds is 3. The molecule has 2 aliphatic carbocycles. The van der Waals surface area contributed by atoms with Crippen molar-refractivity contribution in [2.45, 2.75) is 64.7 Å². The van der Waals surface area contributed by atoms with Gasteiger partial charge in [-0.1, -0.05) is 127 Å². The van der Waals surface area contributed by atoms with E-state index in [0.29, 0.717) is 0 Å². The van der Waals surface area contributed by atoms with Crippen LogP contribution < -0.4 is 5.32 Å². The van der Waals surface area contributed by atoms with Crippen LogP contribution in [0, 0.1) is 0 Å². The number of anilines is 2. The normalized spacial score (nSPS) is 15.6. The van der Waals surface area contributed by atoms with Crippen LogP contribution in [0.5, 0.6) is 0 Å². The van der Waals surface area contributed by atoms with Crippen LogP contribution in [0.2, 0.25) is 0 Å². The first kappa shape index (κ1) is 25.8. The van der Waals surface area contributed by atoms with Gasteiger partial charge in [0.25, 0.3) is 0 Å². The topological polar surface area (TPSA) is 12.0 Å². The van der Waals surface area contributed by atoms with E-state index in [0.717, 1.165) is 5.69 Å². The lowest BCUT2D eigenvalue weighted by Crippen LogP contribution is -2.17. The van der Waals surface area contributed by atoms with Gasteiger partial charge in [0.1, 0.15) is 0 Å². The van der Waals surface area contributed by atoms with Gasteiger partial charge < -0.3 is 5.32 Å². The van der Waals surface area contributed by atoms with Crippen molar-refractivity contribution in [1.29, 1.82) is 0 Å². The third kappa shape index (κ3) is 3.82. The first-order valence-corrected chi connectivity index (χ1v) is 14.9. The largest absolute Gasteiger partial charge is 0.355 e. The Balaban J connectivity index is 1.31. The molecule has 0 saturated heterocycles. The summed E-state index contributed by atoms with van der Waals surface area (Å²) in [5.41, 5.74) is 17.2. The monoisotopic (exact) mass is 533 g/mol. The molecule has 0 amide bonds. The highest BCUT2D eigenvalue weighted by Crippen LogP contribution is 2.53. The highest BCUT2D eigenvalue weighted by atomic mass is 14.9. The summed E-state index contributed by atoms with van der Waals surface area (Å²) in [6.07, 6.45) is 0. The van der Waals surface area contributed by atoms with Crippen molar-refractivity contribution in [2.24, 2.45) is 0 Å². The molecule has 0 spiro atoms. The van der Waals surface area contributed by atoms with Crippen molar-refractivity contribution in [1.82, 2.24) is 0 Å². The molecular weight excluding hydrogens is 494 g/mol. The molecule has 2 aliphatic rings. The molecule has 1 heteroatoms. The molecule has 5 aromatic rings. The van der Waals surface area contributed by atoms with Crippen LogP contribution in [0.15, 0.2) is 103 Å². The smallest absolute Gasteiger partial charge is 0.0422 e. The Bertz CT molecular complexity index is 1840. The lowest BCUT2D eigenvalue weighted by molar-refractivity contribution is 0.592. The van der Waals surface area contributed by atoms with Gasteiger partial charge in [0.2, 0.25) is 0 Å². The summed E-state index contributed by atoms with van der Waals surface area (Å²) in [5.74, 6) is 0. The highest BCUT2D eigenvalue weighted by Gasteiger charge is 2.38. The molecule has 0 atom stereocenters. The fraction of sp³-hybridized carbons (Fsp3) is 0.250. The van der Waals surface area contributed by atoms with Crippen LogP contribution in [0.4, 0.5) is 11.4 Å². The standard InChI is InChI=1S/C40H39N/c1-38(2,3)35-23-25(27-15-12-16-31-29-14-9-11-18-33(29)40(6,7)37(27)31)19-22-36(35)41-26-20-21-30-28-13-8-10-17-32(28)39(4,5)34(30)24-26/h8-24,41H,1-7H3. The summed E-state index contributed by atoms with van der Waals surface area (Å²) in [6, 6.07) is 38.5. The molecule has 0 aromatic heterocycles. The molecule has 0 saturated carbocycles. The minimum atomic E-state index is -0.0455. The number of nitrogens with one attached hydrogen (secondary N) is 1. The summed E-state index contributed by atoms with van der Waals surface area (Å²) in [5, 5.41) is 3.83. The van der Waals surface area contributed by atoms with Crippen LogP contribution in [0.25, 0.3) is 33.4 Å². The van der Waals surface area contributed by atoms with E-state index in [4.69, 9.17) is 0 Å². The van der Waals surface area contributed by atoms with E-state index in [9.17, 15) is 0 Å². The highest BCUT2D eigenvalue weighted by molar-refractivity contribution is 5.89. The van der Waals surface area contributed by atoms with Gasteiger partial charge in [-0.25, -0.2) is 0 Å². The third-order valence-corrected chi connectivity index (χ3v) is 9.58. The maximum absolute atomic E-state index is 3.83. The second-order valence-corrected chi connectivity index (χ2v) is 14.0. The van der Waals surface area contributed by atoms with Crippen LogP contribution >= 0.6 is 0 Å². The molecule has 7 rings (SSSR count). The molecule has 0 radical (unpaired) electrons. The van der Waals surface area contributed by atoms with Crippen molar-refractivity contribution in [2.75, 3.05) is 5.32 Å². The summed E-state index contributed by atoms with van der Waals surface area (Å²) in [7, 11) is 0. The van der Waals surface area contributed by atoms with Crippen LogP contribution in [-0.4, -0.2) is 0 Å². The fourth-order valence-corrected chi connectivity index (χ4v) is 7.47. The van der Waals surface area contributed by atoms with Gasteiger partial charge in [0.15, 0.2) is 0 Å². The first-order chi connectivity index (χ1) is 19.5. The van der Waals surface area contributed by atoms with Gasteiger partial charge in [-0.05, 0) is 90.9 Å². The van der Waals surface area contributed by atoms with Crippen LogP contribution in [0.1, 0.15) is 76.3 Å². The molecule has 41 heavy (non-hydrogen) atoms. The Morgan fingerprint density at radius 2 is 1.10 bits per heavy atom. The quantitative estimate of drug-likeness (QED) is 0.243. The van der Waals surface area contributed by atoms with E-state index in [-0.39, 0.29) is 16.2 Å². The number of hydrogen-bond donors (Lipinski definition) is 1. The number of fused-ring (bicyclic) bond motifs is 6. The van der Waals surface area contributed by atoms with Crippen molar-refractivity contribution in [3.05, 3.63) is 131 Å². The van der Waals surface area contributed by atoms with Gasteiger partial charge in [-0.3, -0.25) is 0 Å². The lowest BCUT2D eigenvalue weighted by atomic mass is 9.77. The van der Waals surface area contributed by atoms with Gasteiger partial charge >= 0.3 is 0 Å². The zero-order valence-electron chi connectivity index (χ0n) is 25.3. The zero-order chi connectivity index (χ0) is 28.7. The lowest BCUT2D eigenvalue weighted by Gasteiger charge is -2.27. The van der Waals surface area contributed by atoms with Crippen LogP contribution in [-0.2, 0) is 16.2 Å². The van der Waals surface area contributed by atoms with Crippen molar-refractivity contribution in [3.8, 4) is 33.4 Å². The van der Waals surface area contributed by atoms with E-state index in [1.807, 2.05) is 0 Å². The molecule has 0 fully saturated rings. The Kier molecular flexibility index (Phi) is 5.48. The molecule has 204 valence electrons. The molecule has 1 N–H and O–H groups in total. The maximum Gasteiger partial charge on any atom is 0.0422 e. The summed E-state index contributed by atoms with van der Waals surface area (Å²) >= 11 is 0. The summed E-state index contributed by atoms with van der Waals surface area (Å²) < 4.78 is 0. The van der Waals surface area contributed by atoms with E-state index >= 15 is 0 Å². The Labute approximate surface area is 245 Å². The molecule has 0 bridgehead atoms. The Morgan fingerprint density at radius 3 is 1.80 bits per heavy atom. The predicted molar refractivity (Wildman–Crippen MR) is 175 cm³/mol. The molecular formula is C40H39N. The summed E-state index contributed by atoms with van der Waals surface area (Å²) in [6.45, 7) is 16.4. The molecule has 0 unspecified atom stereocenters. The maximum atomic E-state index is 3.83. The van der Waals surface area contributed by atoms with Crippen LogP contribution in [0.3, 0.4) is 0 Å². The molecule has 0 heterocycles. The fourth-order valence-electron chi connectivity index (χ4n) is 7.47. The van der Waals surface area contributed by atoms with E-state index in [1.54, 1.807) is 0 Å². The van der Waals surface area contributed by atoms with Crippen molar-refractivity contribution in [3.63, 3.8) is 0 Å². The predicted octanol–water partition coefficient (Wildman–Crippen LogP) is 11.0. The molecule has 1 nitrogen and oxygen atoms in total. The Morgan fingerprint density at radius 1 is 0.512 bits per heavy atom. The van der Waals surface area contributed by atoms with Gasteiger partial charge in [0.05, 0.1) is 0 Å². The van der Waals surface area contributed by atoms with E-state index in [2.05, 4.69) is 157 Å². The SMILES string of the molecule is CC(C)(C)c1cc(-c2cccc3c2C(C)(C)c2ccccc2-3)ccc1Nc1ccc2c(c1)C(C)(C)c1ccccc1-2. The minimum absolute atomic E-state index is 0.0155. The molecule has 5 aromatic carbocycles. The van der Waals surface area contributed by atoms with Gasteiger partial charge in [-0.15, -0.1) is 0 Å². The van der Waals surface area contributed by atoms with Crippen molar-refractivity contribution < 1.29 is 0 Å². The van der Waals surface area contributed by atoms with E-state index in [1.165, 1.54) is 66.9 Å².